The van der Waals surface area contributed by atoms with Crippen LogP contribution >= 0.6 is 27.5 Å². The maximum atomic E-state index is 14.6. The molecule has 0 saturated heterocycles. The Labute approximate surface area is 149 Å². The number of nitrogens with zero attached hydrogens (tertiary/aromatic N) is 3. The van der Waals surface area contributed by atoms with Crippen LogP contribution < -0.4 is 5.69 Å². The maximum absolute atomic E-state index is 14.6. The minimum absolute atomic E-state index is 0.0315. The standard InChI is InChI=1S/C17H10BrClFN3O/c1-22-14-8-21-12-6-5-9(18)7-10(12)16(14)23(17(22)24)13-4-2-3-11(19)15(13)20/h2-8H,1H3. The van der Waals surface area contributed by atoms with E-state index in [1.54, 1.807) is 19.3 Å². The van der Waals surface area contributed by atoms with E-state index in [-0.39, 0.29) is 16.4 Å². The van der Waals surface area contributed by atoms with Crippen LogP contribution in [0, 0.1) is 5.82 Å². The lowest BCUT2D eigenvalue weighted by Crippen LogP contribution is -2.21. The van der Waals surface area contributed by atoms with E-state index in [9.17, 15) is 9.18 Å². The van der Waals surface area contributed by atoms with Gasteiger partial charge in [-0.2, -0.15) is 0 Å². The summed E-state index contributed by atoms with van der Waals surface area (Å²) < 4.78 is 18.2. The van der Waals surface area contributed by atoms with Crippen molar-refractivity contribution in [3.05, 3.63) is 68.4 Å². The van der Waals surface area contributed by atoms with Crippen LogP contribution in [-0.4, -0.2) is 14.1 Å². The van der Waals surface area contributed by atoms with Gasteiger partial charge in [-0.1, -0.05) is 33.6 Å². The van der Waals surface area contributed by atoms with Gasteiger partial charge in [0.1, 0.15) is 0 Å². The average Bonchev–Trinajstić information content (AvgIpc) is 2.82. The van der Waals surface area contributed by atoms with Gasteiger partial charge in [-0.3, -0.25) is 14.1 Å². The first-order valence-corrected chi connectivity index (χ1v) is 8.26. The second-order valence-corrected chi connectivity index (χ2v) is 6.73. The van der Waals surface area contributed by atoms with Crippen LogP contribution in [0.1, 0.15) is 0 Å². The van der Waals surface area contributed by atoms with E-state index in [2.05, 4.69) is 20.9 Å². The minimum atomic E-state index is -0.631. The Morgan fingerprint density at radius 1 is 1.25 bits per heavy atom. The molecular weight excluding hydrogens is 397 g/mol. The molecule has 0 fully saturated rings. The first-order valence-electron chi connectivity index (χ1n) is 7.09. The van der Waals surface area contributed by atoms with Gasteiger partial charge in [0.05, 0.1) is 33.5 Å². The fourth-order valence-electron chi connectivity index (χ4n) is 2.86. The van der Waals surface area contributed by atoms with Crippen LogP contribution in [0.4, 0.5) is 4.39 Å². The van der Waals surface area contributed by atoms with Gasteiger partial charge in [-0.15, -0.1) is 0 Å². The molecule has 4 rings (SSSR count). The molecule has 4 aromatic rings. The highest BCUT2D eigenvalue weighted by Crippen LogP contribution is 2.29. The summed E-state index contributed by atoms with van der Waals surface area (Å²) in [4.78, 5) is 17.1. The molecule has 0 bridgehead atoms. The molecule has 0 radical (unpaired) electrons. The Balaban J connectivity index is 2.27. The normalized spacial score (nSPS) is 11.5. The molecule has 0 amide bonds. The van der Waals surface area contributed by atoms with Crippen LogP contribution in [0.15, 0.2) is 51.9 Å². The fraction of sp³-hybridized carbons (Fsp3) is 0.0588. The van der Waals surface area contributed by atoms with E-state index >= 15 is 0 Å². The van der Waals surface area contributed by atoms with Crippen LogP contribution in [-0.2, 0) is 7.05 Å². The van der Waals surface area contributed by atoms with Gasteiger partial charge in [0, 0.05) is 16.9 Å². The molecule has 0 spiro atoms. The summed E-state index contributed by atoms with van der Waals surface area (Å²) in [6.07, 6.45) is 1.62. The number of hydrogen-bond acceptors (Lipinski definition) is 2. The molecule has 7 heteroatoms. The monoisotopic (exact) mass is 405 g/mol. The summed E-state index contributed by atoms with van der Waals surface area (Å²) in [7, 11) is 1.63. The zero-order chi connectivity index (χ0) is 17.0. The molecule has 2 heterocycles. The van der Waals surface area contributed by atoms with Gasteiger partial charge in [0.25, 0.3) is 0 Å². The van der Waals surface area contributed by atoms with Gasteiger partial charge in [0.2, 0.25) is 0 Å². The molecule has 2 aromatic carbocycles. The summed E-state index contributed by atoms with van der Waals surface area (Å²) in [5, 5.41) is 0.717. The Morgan fingerprint density at radius 2 is 2.04 bits per heavy atom. The number of rotatable bonds is 1. The maximum Gasteiger partial charge on any atom is 0.333 e. The summed E-state index contributed by atoms with van der Waals surface area (Å²) in [6, 6.07) is 10.2. The van der Waals surface area contributed by atoms with E-state index in [1.165, 1.54) is 21.3 Å². The topological polar surface area (TPSA) is 39.8 Å². The Hall–Kier alpha value is -2.18. The number of fused-ring (bicyclic) bond motifs is 3. The van der Waals surface area contributed by atoms with Crippen LogP contribution in [0.5, 0.6) is 0 Å². The van der Waals surface area contributed by atoms with Crippen molar-refractivity contribution < 1.29 is 4.39 Å². The number of halogens is 3. The number of pyridine rings is 1. The van der Waals surface area contributed by atoms with Crippen molar-refractivity contribution in [3.63, 3.8) is 0 Å². The van der Waals surface area contributed by atoms with Crippen LogP contribution in [0.2, 0.25) is 5.02 Å². The first-order chi connectivity index (χ1) is 11.5. The van der Waals surface area contributed by atoms with Crippen molar-refractivity contribution in [3.8, 4) is 5.69 Å². The molecule has 0 N–H and O–H groups in total. The summed E-state index contributed by atoms with van der Waals surface area (Å²) in [5.41, 5.74) is 1.68. The van der Waals surface area contributed by atoms with Gasteiger partial charge < -0.3 is 0 Å². The van der Waals surface area contributed by atoms with E-state index in [1.807, 2.05) is 18.2 Å². The number of hydrogen-bond donors (Lipinski definition) is 0. The molecule has 0 saturated carbocycles. The SMILES string of the molecule is Cn1c(=O)n(-c2cccc(Cl)c2F)c2c3cc(Br)ccc3ncc21. The van der Waals surface area contributed by atoms with E-state index < -0.39 is 5.82 Å². The Bertz CT molecular complexity index is 1180. The predicted octanol–water partition coefficient (Wildman–Crippen LogP) is 4.43. The number of imidazole rings is 1. The average molecular weight is 407 g/mol. The lowest BCUT2D eigenvalue weighted by molar-refractivity contribution is 0.617. The molecule has 0 aliphatic rings. The van der Waals surface area contributed by atoms with Crippen molar-refractivity contribution in [2.45, 2.75) is 0 Å². The fourth-order valence-corrected chi connectivity index (χ4v) is 3.39. The molecule has 0 unspecified atom stereocenters. The summed E-state index contributed by atoms with van der Waals surface area (Å²) >= 11 is 9.33. The molecule has 0 aliphatic heterocycles. The number of benzene rings is 2. The van der Waals surface area contributed by atoms with Gasteiger partial charge in [0.15, 0.2) is 5.82 Å². The van der Waals surface area contributed by atoms with Crippen molar-refractivity contribution in [1.82, 2.24) is 14.1 Å². The van der Waals surface area contributed by atoms with E-state index in [0.717, 1.165) is 9.86 Å². The lowest BCUT2D eigenvalue weighted by Gasteiger charge is -2.08. The quantitative estimate of drug-likeness (QED) is 0.469. The molecule has 2 aromatic heterocycles. The zero-order valence-corrected chi connectivity index (χ0v) is 14.8. The molecule has 24 heavy (non-hydrogen) atoms. The van der Waals surface area contributed by atoms with Crippen molar-refractivity contribution in [2.24, 2.45) is 7.05 Å². The van der Waals surface area contributed by atoms with E-state index in [0.29, 0.717) is 16.6 Å². The highest BCUT2D eigenvalue weighted by atomic mass is 79.9. The number of aryl methyl sites for hydroxylation is 1. The molecule has 120 valence electrons. The second kappa shape index (κ2) is 5.43. The second-order valence-electron chi connectivity index (χ2n) is 5.40. The largest absolute Gasteiger partial charge is 0.333 e. The highest BCUT2D eigenvalue weighted by molar-refractivity contribution is 9.10. The first kappa shape index (κ1) is 15.4. The zero-order valence-electron chi connectivity index (χ0n) is 12.4. The third kappa shape index (κ3) is 2.10. The van der Waals surface area contributed by atoms with Crippen molar-refractivity contribution in [2.75, 3.05) is 0 Å². The molecule has 4 nitrogen and oxygen atoms in total. The van der Waals surface area contributed by atoms with Gasteiger partial charge >= 0.3 is 5.69 Å². The highest BCUT2D eigenvalue weighted by Gasteiger charge is 2.19. The third-order valence-electron chi connectivity index (χ3n) is 4.02. The third-order valence-corrected chi connectivity index (χ3v) is 4.80. The predicted molar refractivity (Wildman–Crippen MR) is 96.5 cm³/mol. The van der Waals surface area contributed by atoms with Crippen LogP contribution in [0.25, 0.3) is 27.6 Å². The molecule has 0 atom stereocenters. The summed E-state index contributed by atoms with van der Waals surface area (Å²) in [6.45, 7) is 0. The smallest absolute Gasteiger partial charge is 0.293 e. The Morgan fingerprint density at radius 3 is 2.83 bits per heavy atom. The van der Waals surface area contributed by atoms with E-state index in [4.69, 9.17) is 11.6 Å². The molecular formula is C17H10BrClFN3O. The Kier molecular flexibility index (Phi) is 3.47. The molecule has 0 aliphatic carbocycles. The number of aromatic nitrogens is 3. The van der Waals surface area contributed by atoms with Crippen LogP contribution in [0.3, 0.4) is 0 Å². The summed E-state index contributed by atoms with van der Waals surface area (Å²) in [5.74, 6) is -0.631. The lowest BCUT2D eigenvalue weighted by atomic mass is 10.2. The van der Waals surface area contributed by atoms with Crippen molar-refractivity contribution >= 4 is 49.5 Å². The minimum Gasteiger partial charge on any atom is -0.293 e. The van der Waals surface area contributed by atoms with Gasteiger partial charge in [-0.05, 0) is 30.3 Å². The van der Waals surface area contributed by atoms with Crippen molar-refractivity contribution in [1.29, 1.82) is 0 Å². The van der Waals surface area contributed by atoms with Gasteiger partial charge in [-0.25, -0.2) is 9.18 Å².